The van der Waals surface area contributed by atoms with Crippen LogP contribution in [0, 0.1) is 23.3 Å². The molecule has 4 heterocycles. The molecule has 0 saturated heterocycles. The second-order valence-electron chi connectivity index (χ2n) is 15.9. The Hall–Kier alpha value is -6.11. The van der Waals surface area contributed by atoms with Gasteiger partial charge in [-0.1, -0.05) is 0 Å². The molecule has 0 aliphatic rings. The molecule has 6 rings (SSSR count). The fraction of sp³-hybridized carbons (Fsp3) is 0.366. The summed E-state index contributed by atoms with van der Waals surface area (Å²) in [5.74, 6) is -4.62. The molecule has 0 aliphatic carbocycles. The van der Waals surface area contributed by atoms with Crippen LogP contribution in [0.25, 0.3) is 22.1 Å². The molecule has 0 radical (unpaired) electrons. The maximum Gasteiger partial charge on any atom is 0.295 e. The SMILES string of the molecule is CC(C)(N)CO.C[C@@H](O)Cn1c(=O)c(Oc2ccc(F)cc2F)cc2cnc(NC(C)(C)CO)nc21.C[C@@H](O)Cn1c(=O)c(Oc2ccc(F)cc2F)cc2cnc(S(C)(=O)=O)nc21. The average molecular weight is 921 g/mol. The van der Waals surface area contributed by atoms with Gasteiger partial charge in [0.05, 0.1) is 44.1 Å². The van der Waals surface area contributed by atoms with Gasteiger partial charge >= 0.3 is 0 Å². The first-order chi connectivity index (χ1) is 29.7. The molecule has 2 atom stereocenters. The third-order valence-electron chi connectivity index (χ3n) is 8.27. The number of aliphatic hydroxyl groups excluding tert-OH is 4. The summed E-state index contributed by atoms with van der Waals surface area (Å²) in [6.45, 7) is 9.51. The third kappa shape index (κ3) is 13.7. The van der Waals surface area contributed by atoms with Gasteiger partial charge in [-0.05, 0) is 77.9 Å². The molecular weight excluding hydrogens is 873 g/mol. The van der Waals surface area contributed by atoms with Crippen LogP contribution >= 0.6 is 0 Å². The van der Waals surface area contributed by atoms with Crippen molar-refractivity contribution >= 4 is 37.9 Å². The number of aromatic nitrogens is 6. The van der Waals surface area contributed by atoms with E-state index in [0.717, 1.165) is 35.1 Å². The summed E-state index contributed by atoms with van der Waals surface area (Å²) in [4.78, 5) is 41.9. The van der Waals surface area contributed by atoms with Crippen LogP contribution in [0.5, 0.6) is 23.0 Å². The zero-order chi connectivity index (χ0) is 47.9. The Morgan fingerprint density at radius 2 is 1.14 bits per heavy atom. The maximum absolute atomic E-state index is 14.0. The quantitative estimate of drug-likeness (QED) is 0.0711. The van der Waals surface area contributed by atoms with Crippen LogP contribution in [0.4, 0.5) is 23.5 Å². The Morgan fingerprint density at radius 1 is 0.719 bits per heavy atom. The van der Waals surface area contributed by atoms with E-state index in [1.54, 1.807) is 27.7 Å². The highest BCUT2D eigenvalue weighted by Crippen LogP contribution is 2.27. The molecule has 346 valence electrons. The van der Waals surface area contributed by atoms with Gasteiger partial charge in [-0.15, -0.1) is 0 Å². The molecule has 18 nitrogen and oxygen atoms in total. The lowest BCUT2D eigenvalue weighted by Crippen LogP contribution is -2.36. The Bertz CT molecular complexity index is 2850. The second kappa shape index (κ2) is 20.6. The summed E-state index contributed by atoms with van der Waals surface area (Å²) >= 11 is 0. The molecule has 0 bridgehead atoms. The molecule has 23 heteroatoms. The average Bonchev–Trinajstić information content (AvgIpc) is 3.19. The molecule has 6 aromatic rings. The molecule has 0 fully saturated rings. The number of nitrogens with zero attached hydrogens (tertiary/aromatic N) is 6. The molecule has 4 aromatic heterocycles. The number of hydrogen-bond acceptors (Lipinski definition) is 16. The Kier molecular flexibility index (Phi) is 16.3. The van der Waals surface area contributed by atoms with Crippen molar-refractivity contribution in [1.82, 2.24) is 29.1 Å². The minimum absolute atomic E-state index is 0.0340. The predicted octanol–water partition coefficient (Wildman–Crippen LogP) is 3.79. The lowest BCUT2D eigenvalue weighted by atomic mass is 10.1. The molecule has 2 aromatic carbocycles. The maximum atomic E-state index is 14.0. The van der Waals surface area contributed by atoms with Gasteiger partial charge in [-0.25, -0.2) is 35.9 Å². The van der Waals surface area contributed by atoms with Gasteiger partial charge in [0.15, 0.2) is 34.6 Å². The molecular formula is C41H48F4N8O10S. The fourth-order valence-corrected chi connectivity index (χ4v) is 5.69. The Labute approximate surface area is 363 Å². The molecule has 0 spiro atoms. The number of nitrogens with two attached hydrogens (primary N) is 1. The van der Waals surface area contributed by atoms with Gasteiger partial charge in [-0.3, -0.25) is 18.7 Å². The van der Waals surface area contributed by atoms with Crippen molar-refractivity contribution < 1.29 is 55.9 Å². The molecule has 0 unspecified atom stereocenters. The summed E-state index contributed by atoms with van der Waals surface area (Å²) in [6, 6.07) is 7.89. The molecule has 0 saturated carbocycles. The van der Waals surface area contributed by atoms with E-state index in [4.69, 9.17) is 20.3 Å². The van der Waals surface area contributed by atoms with Gasteiger partial charge in [0.1, 0.15) is 22.9 Å². The second-order valence-corrected chi connectivity index (χ2v) is 17.8. The third-order valence-corrected chi connectivity index (χ3v) is 9.13. The monoisotopic (exact) mass is 920 g/mol. The van der Waals surface area contributed by atoms with E-state index < -0.39 is 72.7 Å². The number of benzene rings is 2. The topological polar surface area (TPSA) is 267 Å². The molecule has 0 aliphatic heterocycles. The largest absolute Gasteiger partial charge is 0.448 e. The number of anilines is 1. The zero-order valence-corrected chi connectivity index (χ0v) is 36.5. The van der Waals surface area contributed by atoms with Crippen LogP contribution in [0.2, 0.25) is 0 Å². The van der Waals surface area contributed by atoms with Gasteiger partial charge in [0, 0.05) is 47.1 Å². The van der Waals surface area contributed by atoms with Crippen molar-refractivity contribution in [2.75, 3.05) is 24.8 Å². The van der Waals surface area contributed by atoms with E-state index in [2.05, 4.69) is 25.3 Å². The zero-order valence-electron chi connectivity index (χ0n) is 35.7. The van der Waals surface area contributed by atoms with Crippen LogP contribution < -0.4 is 31.6 Å². The number of halogens is 4. The standard InChI is InChI=1S/C20H22F2N4O4.C17H15F2N3O5S.C4H11NO/c1-11(28)9-26-17-12(8-23-19(24-17)25-20(2,3)10-27)6-16(18(26)29)30-15-5-4-13(21)7-14(15)22;1-9(23)8-22-15-10(7-20-17(21-15)28(2,25)26)5-14(16(22)24)27-13-4-3-11(18)6-12(13)19;1-4(2,5)3-6/h4-8,11,27-28H,9-10H2,1-3H3,(H,23,24,25);3-7,9,23H,8H2,1-2H3;6H,3,5H2,1-2H3/t11-;9-;/m11./s1. The van der Waals surface area contributed by atoms with Gasteiger partial charge in [-0.2, -0.15) is 9.97 Å². The minimum atomic E-state index is -3.74. The number of hydrogen-bond donors (Lipinski definition) is 6. The fourth-order valence-electron chi connectivity index (χ4n) is 5.20. The molecule has 0 amide bonds. The predicted molar refractivity (Wildman–Crippen MR) is 227 cm³/mol. The van der Waals surface area contributed by atoms with Crippen molar-refractivity contribution in [3.8, 4) is 23.0 Å². The van der Waals surface area contributed by atoms with Gasteiger partial charge < -0.3 is 41.0 Å². The number of nitrogens with one attached hydrogen (secondary N) is 1. The smallest absolute Gasteiger partial charge is 0.295 e. The summed E-state index contributed by atoms with van der Waals surface area (Å²) < 4.78 is 90.3. The molecule has 7 N–H and O–H groups in total. The summed E-state index contributed by atoms with van der Waals surface area (Å²) in [5.41, 5.74) is 2.93. The number of rotatable bonds is 13. The highest BCUT2D eigenvalue weighted by molar-refractivity contribution is 7.90. The summed E-state index contributed by atoms with van der Waals surface area (Å²) in [5, 5.41) is 40.4. The van der Waals surface area contributed by atoms with E-state index in [1.807, 2.05) is 0 Å². The van der Waals surface area contributed by atoms with Crippen molar-refractivity contribution in [3.05, 3.63) is 105 Å². The van der Waals surface area contributed by atoms with Crippen LogP contribution in [0.1, 0.15) is 41.5 Å². The van der Waals surface area contributed by atoms with E-state index in [9.17, 15) is 50.9 Å². The van der Waals surface area contributed by atoms with Gasteiger partial charge in [0.25, 0.3) is 11.1 Å². The molecule has 64 heavy (non-hydrogen) atoms. The number of fused-ring (bicyclic) bond motifs is 2. The van der Waals surface area contributed by atoms with E-state index >= 15 is 0 Å². The van der Waals surface area contributed by atoms with Crippen molar-refractivity contribution in [2.24, 2.45) is 5.73 Å². The van der Waals surface area contributed by atoms with E-state index in [1.165, 1.54) is 42.9 Å². The summed E-state index contributed by atoms with van der Waals surface area (Å²) in [7, 11) is -3.74. The highest BCUT2D eigenvalue weighted by atomic mass is 32.2. The minimum Gasteiger partial charge on any atom is -0.448 e. The number of aliphatic hydroxyl groups is 4. The van der Waals surface area contributed by atoms with Crippen LogP contribution in [0.15, 0.2) is 75.7 Å². The highest BCUT2D eigenvalue weighted by Gasteiger charge is 2.22. The normalized spacial score (nSPS) is 12.8. The number of sulfone groups is 1. The first-order valence-electron chi connectivity index (χ1n) is 19.1. The van der Waals surface area contributed by atoms with Gasteiger partial charge in [0.2, 0.25) is 20.9 Å². The lowest BCUT2D eigenvalue weighted by Gasteiger charge is -2.23. The summed E-state index contributed by atoms with van der Waals surface area (Å²) in [6.07, 6.45) is 1.66. The first-order valence-corrected chi connectivity index (χ1v) is 21.0. The van der Waals surface area contributed by atoms with Crippen molar-refractivity contribution in [2.45, 2.75) is 83.1 Å². The number of ether oxygens (including phenoxy) is 2. The van der Waals surface area contributed by atoms with E-state index in [0.29, 0.717) is 17.5 Å². The Balaban J connectivity index is 0.000000249. The van der Waals surface area contributed by atoms with Crippen molar-refractivity contribution in [3.63, 3.8) is 0 Å². The van der Waals surface area contributed by atoms with E-state index in [-0.39, 0.29) is 71.9 Å². The Morgan fingerprint density at radius 3 is 1.52 bits per heavy atom. The lowest BCUT2D eigenvalue weighted by molar-refractivity contribution is 0.173. The van der Waals surface area contributed by atoms with Crippen molar-refractivity contribution in [1.29, 1.82) is 0 Å². The number of pyridine rings is 2. The van der Waals surface area contributed by atoms with Crippen LogP contribution in [-0.4, -0.2) is 101 Å². The van der Waals surface area contributed by atoms with Crippen LogP contribution in [0.3, 0.4) is 0 Å². The van der Waals surface area contributed by atoms with Crippen LogP contribution in [-0.2, 0) is 22.9 Å². The first kappa shape index (κ1) is 50.5.